The third-order valence-corrected chi connectivity index (χ3v) is 5.24. The quantitative estimate of drug-likeness (QED) is 0.944. The SMILES string of the molecule is CCc1nc2n(n1)CCCC2NC(=O)C1CCCc2ccccc21. The van der Waals surface area contributed by atoms with Gasteiger partial charge in [-0.2, -0.15) is 5.10 Å². The van der Waals surface area contributed by atoms with Crippen molar-refractivity contribution in [2.45, 2.75) is 64.0 Å². The number of aryl methyl sites for hydroxylation is 3. The average molecular weight is 324 g/mol. The maximum atomic E-state index is 12.9. The number of fused-ring (bicyclic) bond motifs is 2. The standard InChI is InChI=1S/C19H24N4O/c1-2-17-21-18-16(11-6-12-23(18)22-17)20-19(24)15-10-5-8-13-7-3-4-9-14(13)15/h3-4,7,9,15-16H,2,5-6,8,10-12H2,1H3,(H,20,24). The van der Waals surface area contributed by atoms with Gasteiger partial charge >= 0.3 is 0 Å². The molecule has 0 saturated carbocycles. The summed E-state index contributed by atoms with van der Waals surface area (Å²) in [4.78, 5) is 17.6. The highest BCUT2D eigenvalue weighted by Crippen LogP contribution is 2.33. The molecule has 4 rings (SSSR count). The Morgan fingerprint density at radius 3 is 3.04 bits per heavy atom. The third kappa shape index (κ3) is 2.72. The second-order valence-corrected chi connectivity index (χ2v) is 6.81. The van der Waals surface area contributed by atoms with E-state index in [-0.39, 0.29) is 17.9 Å². The lowest BCUT2D eigenvalue weighted by atomic mass is 9.82. The number of carbonyl (C=O) groups is 1. The van der Waals surface area contributed by atoms with Crippen molar-refractivity contribution in [3.8, 4) is 0 Å². The molecule has 1 N–H and O–H groups in total. The summed E-state index contributed by atoms with van der Waals surface area (Å²) in [5, 5.41) is 7.79. The number of benzene rings is 1. The van der Waals surface area contributed by atoms with Crippen LogP contribution < -0.4 is 5.32 Å². The summed E-state index contributed by atoms with van der Waals surface area (Å²) in [6.45, 7) is 2.97. The topological polar surface area (TPSA) is 59.8 Å². The molecule has 2 heterocycles. The number of hydrogen-bond acceptors (Lipinski definition) is 3. The van der Waals surface area contributed by atoms with E-state index in [1.807, 2.05) is 10.7 Å². The fourth-order valence-corrected chi connectivity index (χ4v) is 3.98. The fraction of sp³-hybridized carbons (Fsp3) is 0.526. The predicted molar refractivity (Wildman–Crippen MR) is 91.6 cm³/mol. The molecule has 1 amide bonds. The van der Waals surface area contributed by atoms with E-state index in [9.17, 15) is 4.79 Å². The molecule has 0 fully saturated rings. The van der Waals surface area contributed by atoms with Crippen LogP contribution in [-0.4, -0.2) is 20.7 Å². The third-order valence-electron chi connectivity index (χ3n) is 5.24. The number of amides is 1. The average Bonchev–Trinajstić information content (AvgIpc) is 3.05. The van der Waals surface area contributed by atoms with E-state index in [2.05, 4.69) is 40.5 Å². The number of aromatic nitrogens is 3. The second kappa shape index (κ2) is 6.38. The highest BCUT2D eigenvalue weighted by Gasteiger charge is 2.31. The Bertz CT molecular complexity index is 752. The lowest BCUT2D eigenvalue weighted by molar-refractivity contribution is -0.123. The Labute approximate surface area is 142 Å². The lowest BCUT2D eigenvalue weighted by Crippen LogP contribution is -2.37. The molecule has 0 radical (unpaired) electrons. The highest BCUT2D eigenvalue weighted by molar-refractivity contribution is 5.84. The van der Waals surface area contributed by atoms with Crippen LogP contribution in [0.2, 0.25) is 0 Å². The molecule has 5 nitrogen and oxygen atoms in total. The van der Waals surface area contributed by atoms with Gasteiger partial charge in [0.1, 0.15) is 5.82 Å². The zero-order valence-corrected chi connectivity index (χ0v) is 14.2. The zero-order chi connectivity index (χ0) is 16.5. The largest absolute Gasteiger partial charge is 0.346 e. The monoisotopic (exact) mass is 324 g/mol. The van der Waals surface area contributed by atoms with E-state index in [1.165, 1.54) is 11.1 Å². The lowest BCUT2D eigenvalue weighted by Gasteiger charge is -2.28. The van der Waals surface area contributed by atoms with Gasteiger partial charge in [0.2, 0.25) is 5.91 Å². The maximum Gasteiger partial charge on any atom is 0.228 e. The fourth-order valence-electron chi connectivity index (χ4n) is 3.98. The molecule has 5 heteroatoms. The van der Waals surface area contributed by atoms with Gasteiger partial charge in [-0.05, 0) is 43.2 Å². The van der Waals surface area contributed by atoms with Crippen LogP contribution in [0.3, 0.4) is 0 Å². The zero-order valence-electron chi connectivity index (χ0n) is 14.2. The summed E-state index contributed by atoms with van der Waals surface area (Å²) in [6.07, 6.45) is 5.90. The minimum atomic E-state index is -0.0288. The van der Waals surface area contributed by atoms with Crippen LogP contribution >= 0.6 is 0 Å². The normalized spacial score (nSPS) is 22.5. The first kappa shape index (κ1) is 15.4. The number of hydrogen-bond donors (Lipinski definition) is 1. The molecule has 2 aromatic rings. The molecular formula is C19H24N4O. The van der Waals surface area contributed by atoms with Gasteiger partial charge in [-0.1, -0.05) is 31.2 Å². The number of nitrogens with zero attached hydrogens (tertiary/aromatic N) is 3. The molecule has 1 aromatic heterocycles. The van der Waals surface area contributed by atoms with Crippen molar-refractivity contribution in [3.05, 3.63) is 47.0 Å². The van der Waals surface area contributed by atoms with Crippen molar-refractivity contribution in [3.63, 3.8) is 0 Å². The molecule has 1 aliphatic heterocycles. The number of rotatable bonds is 3. The van der Waals surface area contributed by atoms with Crippen LogP contribution in [0, 0.1) is 0 Å². The molecule has 2 atom stereocenters. The van der Waals surface area contributed by atoms with Crippen molar-refractivity contribution in [1.29, 1.82) is 0 Å². The second-order valence-electron chi connectivity index (χ2n) is 6.81. The van der Waals surface area contributed by atoms with Crippen LogP contribution in [0.25, 0.3) is 0 Å². The predicted octanol–water partition coefficient (Wildman–Crippen LogP) is 2.91. The van der Waals surface area contributed by atoms with Gasteiger partial charge in [0, 0.05) is 13.0 Å². The van der Waals surface area contributed by atoms with Crippen LogP contribution in [0.5, 0.6) is 0 Å². The summed E-state index contributed by atoms with van der Waals surface area (Å²) >= 11 is 0. The first-order chi connectivity index (χ1) is 11.8. The van der Waals surface area contributed by atoms with Gasteiger partial charge in [-0.15, -0.1) is 0 Å². The summed E-state index contributed by atoms with van der Waals surface area (Å²) in [5.74, 6) is 1.91. The minimum absolute atomic E-state index is 0.00635. The van der Waals surface area contributed by atoms with Crippen LogP contribution in [0.15, 0.2) is 24.3 Å². The van der Waals surface area contributed by atoms with E-state index in [0.29, 0.717) is 0 Å². The molecule has 1 aromatic carbocycles. The first-order valence-corrected chi connectivity index (χ1v) is 9.08. The van der Waals surface area contributed by atoms with E-state index in [0.717, 1.165) is 56.7 Å². The van der Waals surface area contributed by atoms with E-state index >= 15 is 0 Å². The molecule has 2 unspecified atom stereocenters. The van der Waals surface area contributed by atoms with Gasteiger partial charge in [-0.3, -0.25) is 4.79 Å². The van der Waals surface area contributed by atoms with Crippen molar-refractivity contribution < 1.29 is 4.79 Å². The van der Waals surface area contributed by atoms with Crippen molar-refractivity contribution in [1.82, 2.24) is 20.1 Å². The molecule has 126 valence electrons. The van der Waals surface area contributed by atoms with Gasteiger partial charge in [0.05, 0.1) is 12.0 Å². The molecule has 24 heavy (non-hydrogen) atoms. The Balaban J connectivity index is 1.55. The molecule has 0 saturated heterocycles. The number of nitrogens with one attached hydrogen (secondary N) is 1. The van der Waals surface area contributed by atoms with E-state index in [4.69, 9.17) is 0 Å². The molecule has 2 aliphatic rings. The van der Waals surface area contributed by atoms with Crippen LogP contribution in [-0.2, 0) is 24.2 Å². The Morgan fingerprint density at radius 2 is 2.17 bits per heavy atom. The Morgan fingerprint density at radius 1 is 1.29 bits per heavy atom. The summed E-state index contributed by atoms with van der Waals surface area (Å²) in [5.41, 5.74) is 2.52. The van der Waals surface area contributed by atoms with Crippen LogP contribution in [0.4, 0.5) is 0 Å². The summed E-state index contributed by atoms with van der Waals surface area (Å²) in [7, 11) is 0. The molecule has 1 aliphatic carbocycles. The maximum absolute atomic E-state index is 12.9. The van der Waals surface area contributed by atoms with E-state index in [1.54, 1.807) is 0 Å². The summed E-state index contributed by atoms with van der Waals surface area (Å²) in [6, 6.07) is 8.36. The Kier molecular flexibility index (Phi) is 4.08. The van der Waals surface area contributed by atoms with Crippen molar-refractivity contribution >= 4 is 5.91 Å². The Hall–Kier alpha value is -2.17. The molecular weight excluding hydrogens is 300 g/mol. The van der Waals surface area contributed by atoms with Crippen molar-refractivity contribution in [2.75, 3.05) is 0 Å². The molecule has 0 spiro atoms. The minimum Gasteiger partial charge on any atom is -0.346 e. The summed E-state index contributed by atoms with van der Waals surface area (Å²) < 4.78 is 1.97. The number of carbonyl (C=O) groups excluding carboxylic acids is 1. The molecule has 0 bridgehead atoms. The van der Waals surface area contributed by atoms with Gasteiger partial charge < -0.3 is 5.32 Å². The van der Waals surface area contributed by atoms with Gasteiger partial charge in [-0.25, -0.2) is 9.67 Å². The first-order valence-electron chi connectivity index (χ1n) is 9.08. The van der Waals surface area contributed by atoms with Gasteiger partial charge in [0.15, 0.2) is 5.82 Å². The van der Waals surface area contributed by atoms with Gasteiger partial charge in [0.25, 0.3) is 0 Å². The van der Waals surface area contributed by atoms with E-state index < -0.39 is 0 Å². The van der Waals surface area contributed by atoms with Crippen LogP contribution in [0.1, 0.15) is 67.3 Å². The smallest absolute Gasteiger partial charge is 0.228 e. The van der Waals surface area contributed by atoms with Crippen molar-refractivity contribution in [2.24, 2.45) is 0 Å². The highest BCUT2D eigenvalue weighted by atomic mass is 16.2.